The summed E-state index contributed by atoms with van der Waals surface area (Å²) in [4.78, 5) is 2.48. The molecule has 0 saturated heterocycles. The summed E-state index contributed by atoms with van der Waals surface area (Å²) < 4.78 is 0. The smallest absolute Gasteiger partial charge is 0.0366 e. The van der Waals surface area contributed by atoms with Crippen LogP contribution in [0.5, 0.6) is 0 Å². The lowest BCUT2D eigenvalue weighted by Gasteiger charge is -2.24. The summed E-state index contributed by atoms with van der Waals surface area (Å²) in [5.41, 5.74) is 2.80. The Bertz CT molecular complexity index is 281. The highest BCUT2D eigenvalue weighted by Crippen LogP contribution is 2.20. The van der Waals surface area contributed by atoms with Crippen LogP contribution < -0.4 is 4.90 Å². The SMILES string of the molecule is CCCN(CCC)c1ccc(C(C)C)cc1. The van der Waals surface area contributed by atoms with E-state index in [9.17, 15) is 0 Å². The van der Waals surface area contributed by atoms with Gasteiger partial charge in [-0.05, 0) is 36.5 Å². The minimum absolute atomic E-state index is 0.625. The number of nitrogens with zero attached hydrogens (tertiary/aromatic N) is 1. The van der Waals surface area contributed by atoms with Gasteiger partial charge in [0.25, 0.3) is 0 Å². The van der Waals surface area contributed by atoms with Gasteiger partial charge in [-0.2, -0.15) is 0 Å². The van der Waals surface area contributed by atoms with Crippen LogP contribution in [0.15, 0.2) is 24.3 Å². The average molecular weight is 219 g/mol. The fraction of sp³-hybridized carbons (Fsp3) is 0.600. The summed E-state index contributed by atoms with van der Waals surface area (Å²) in [6, 6.07) is 9.05. The minimum Gasteiger partial charge on any atom is -0.372 e. The second-order valence-electron chi connectivity index (χ2n) is 4.73. The molecule has 0 aromatic heterocycles. The maximum absolute atomic E-state index is 2.48. The summed E-state index contributed by atoms with van der Waals surface area (Å²) in [5.74, 6) is 0.625. The minimum atomic E-state index is 0.625. The van der Waals surface area contributed by atoms with E-state index < -0.39 is 0 Å². The Hall–Kier alpha value is -0.980. The first-order valence-corrected chi connectivity index (χ1v) is 6.54. The van der Waals surface area contributed by atoms with Crippen molar-refractivity contribution in [2.45, 2.75) is 46.5 Å². The molecule has 0 N–H and O–H groups in total. The van der Waals surface area contributed by atoms with Crippen molar-refractivity contribution in [3.05, 3.63) is 29.8 Å². The summed E-state index contributed by atoms with van der Waals surface area (Å²) in [6.07, 6.45) is 2.43. The Kier molecular flexibility index (Phi) is 5.37. The van der Waals surface area contributed by atoms with Crippen molar-refractivity contribution < 1.29 is 0 Å². The van der Waals surface area contributed by atoms with Crippen LogP contribution in [-0.4, -0.2) is 13.1 Å². The molecule has 0 atom stereocenters. The molecular formula is C15H25N. The first kappa shape index (κ1) is 13.1. The maximum Gasteiger partial charge on any atom is 0.0366 e. The van der Waals surface area contributed by atoms with E-state index in [-0.39, 0.29) is 0 Å². The van der Waals surface area contributed by atoms with Gasteiger partial charge < -0.3 is 4.90 Å². The van der Waals surface area contributed by atoms with Gasteiger partial charge in [0.15, 0.2) is 0 Å². The van der Waals surface area contributed by atoms with E-state index in [0.717, 1.165) is 13.1 Å². The average Bonchev–Trinajstić information content (AvgIpc) is 2.29. The molecule has 90 valence electrons. The van der Waals surface area contributed by atoms with Crippen LogP contribution in [0, 0.1) is 0 Å². The highest BCUT2D eigenvalue weighted by Gasteiger charge is 2.05. The van der Waals surface area contributed by atoms with Gasteiger partial charge in [0, 0.05) is 18.8 Å². The molecule has 0 saturated carbocycles. The molecule has 0 heterocycles. The van der Waals surface area contributed by atoms with E-state index in [0.29, 0.717) is 5.92 Å². The van der Waals surface area contributed by atoms with Gasteiger partial charge in [-0.3, -0.25) is 0 Å². The fourth-order valence-corrected chi connectivity index (χ4v) is 1.98. The quantitative estimate of drug-likeness (QED) is 0.684. The van der Waals surface area contributed by atoms with Crippen molar-refractivity contribution in [1.29, 1.82) is 0 Å². The van der Waals surface area contributed by atoms with Crippen LogP contribution >= 0.6 is 0 Å². The van der Waals surface area contributed by atoms with Gasteiger partial charge >= 0.3 is 0 Å². The lowest BCUT2D eigenvalue weighted by molar-refractivity contribution is 0.744. The lowest BCUT2D eigenvalue weighted by atomic mass is 10.0. The Morgan fingerprint density at radius 3 is 1.81 bits per heavy atom. The molecule has 0 amide bonds. The first-order chi connectivity index (χ1) is 7.69. The second kappa shape index (κ2) is 6.57. The third kappa shape index (κ3) is 3.55. The van der Waals surface area contributed by atoms with Gasteiger partial charge in [-0.15, -0.1) is 0 Å². The van der Waals surface area contributed by atoms with E-state index in [4.69, 9.17) is 0 Å². The van der Waals surface area contributed by atoms with Crippen molar-refractivity contribution in [3.8, 4) is 0 Å². The summed E-state index contributed by atoms with van der Waals surface area (Å²) >= 11 is 0. The zero-order valence-corrected chi connectivity index (χ0v) is 11.2. The number of hydrogen-bond donors (Lipinski definition) is 0. The van der Waals surface area contributed by atoms with E-state index in [1.807, 2.05) is 0 Å². The zero-order chi connectivity index (χ0) is 12.0. The molecule has 1 aromatic carbocycles. The van der Waals surface area contributed by atoms with Gasteiger partial charge in [-0.25, -0.2) is 0 Å². The largest absolute Gasteiger partial charge is 0.372 e. The van der Waals surface area contributed by atoms with Crippen molar-refractivity contribution in [3.63, 3.8) is 0 Å². The molecule has 0 radical (unpaired) electrons. The molecule has 0 aliphatic heterocycles. The Balaban J connectivity index is 2.76. The summed E-state index contributed by atoms with van der Waals surface area (Å²) in [7, 11) is 0. The topological polar surface area (TPSA) is 3.24 Å². The van der Waals surface area contributed by atoms with Gasteiger partial charge in [-0.1, -0.05) is 39.8 Å². The molecule has 0 aliphatic rings. The third-order valence-electron chi connectivity index (χ3n) is 2.91. The number of benzene rings is 1. The van der Waals surface area contributed by atoms with Crippen LogP contribution in [0.1, 0.15) is 52.0 Å². The van der Waals surface area contributed by atoms with Crippen LogP contribution in [-0.2, 0) is 0 Å². The van der Waals surface area contributed by atoms with E-state index in [2.05, 4.69) is 56.9 Å². The molecule has 0 aliphatic carbocycles. The monoisotopic (exact) mass is 219 g/mol. The summed E-state index contributed by atoms with van der Waals surface area (Å²) in [5, 5.41) is 0. The molecule has 0 unspecified atom stereocenters. The molecule has 1 nitrogen and oxygen atoms in total. The normalized spacial score (nSPS) is 10.8. The summed E-state index contributed by atoms with van der Waals surface area (Å²) in [6.45, 7) is 11.3. The van der Waals surface area contributed by atoms with Crippen molar-refractivity contribution in [2.75, 3.05) is 18.0 Å². The van der Waals surface area contributed by atoms with Crippen molar-refractivity contribution in [1.82, 2.24) is 0 Å². The van der Waals surface area contributed by atoms with Crippen LogP contribution in [0.2, 0.25) is 0 Å². The first-order valence-electron chi connectivity index (χ1n) is 6.54. The predicted octanol–water partition coefficient (Wildman–Crippen LogP) is 4.44. The highest BCUT2D eigenvalue weighted by atomic mass is 15.1. The molecule has 0 bridgehead atoms. The Morgan fingerprint density at radius 2 is 1.44 bits per heavy atom. The fourth-order valence-electron chi connectivity index (χ4n) is 1.98. The standard InChI is InChI=1S/C15H25N/c1-5-11-16(12-6-2)15-9-7-14(8-10-15)13(3)4/h7-10,13H,5-6,11-12H2,1-4H3. The van der Waals surface area contributed by atoms with E-state index >= 15 is 0 Å². The molecule has 16 heavy (non-hydrogen) atoms. The zero-order valence-electron chi connectivity index (χ0n) is 11.2. The maximum atomic E-state index is 2.48. The predicted molar refractivity (Wildman–Crippen MR) is 73.3 cm³/mol. The second-order valence-corrected chi connectivity index (χ2v) is 4.73. The van der Waals surface area contributed by atoms with Gasteiger partial charge in [0.2, 0.25) is 0 Å². The molecule has 0 fully saturated rings. The van der Waals surface area contributed by atoms with E-state index in [1.54, 1.807) is 0 Å². The highest BCUT2D eigenvalue weighted by molar-refractivity contribution is 5.47. The lowest BCUT2D eigenvalue weighted by Crippen LogP contribution is -2.24. The van der Waals surface area contributed by atoms with Gasteiger partial charge in [0.1, 0.15) is 0 Å². The third-order valence-corrected chi connectivity index (χ3v) is 2.91. The molecule has 1 heteroatoms. The Labute approximate surface area is 100 Å². The van der Waals surface area contributed by atoms with Crippen molar-refractivity contribution >= 4 is 5.69 Å². The number of anilines is 1. The molecule has 0 spiro atoms. The number of rotatable bonds is 6. The van der Waals surface area contributed by atoms with Crippen LogP contribution in [0.4, 0.5) is 5.69 Å². The van der Waals surface area contributed by atoms with E-state index in [1.165, 1.54) is 24.1 Å². The number of hydrogen-bond acceptors (Lipinski definition) is 1. The van der Waals surface area contributed by atoms with Crippen LogP contribution in [0.3, 0.4) is 0 Å². The molecule has 1 aromatic rings. The molecular weight excluding hydrogens is 194 g/mol. The molecule has 1 rings (SSSR count). The van der Waals surface area contributed by atoms with Crippen molar-refractivity contribution in [2.24, 2.45) is 0 Å². The Morgan fingerprint density at radius 1 is 0.938 bits per heavy atom. The van der Waals surface area contributed by atoms with Crippen LogP contribution in [0.25, 0.3) is 0 Å². The van der Waals surface area contributed by atoms with Gasteiger partial charge in [0.05, 0.1) is 0 Å².